The van der Waals surface area contributed by atoms with Crippen molar-refractivity contribution in [2.24, 2.45) is 5.92 Å². The zero-order chi connectivity index (χ0) is 14.2. The number of phenols is 1. The Labute approximate surface area is 123 Å². The average molecular weight is 282 g/mol. The van der Waals surface area contributed by atoms with E-state index in [9.17, 15) is 5.11 Å². The lowest BCUT2D eigenvalue weighted by molar-refractivity contribution is 0.163. The Kier molecular flexibility index (Phi) is 3.04. The van der Waals surface area contributed by atoms with Crippen LogP contribution in [0.1, 0.15) is 18.6 Å². The summed E-state index contributed by atoms with van der Waals surface area (Å²) < 4.78 is 5.45. The van der Waals surface area contributed by atoms with E-state index in [-0.39, 0.29) is 5.75 Å². The van der Waals surface area contributed by atoms with Crippen molar-refractivity contribution in [3.8, 4) is 17.0 Å². The van der Waals surface area contributed by atoms with E-state index in [1.54, 1.807) is 12.1 Å². The zero-order valence-electron chi connectivity index (χ0n) is 11.8. The van der Waals surface area contributed by atoms with Gasteiger partial charge >= 0.3 is 0 Å². The number of hydrogen-bond donors (Lipinski definition) is 1. The van der Waals surface area contributed by atoms with Crippen LogP contribution in [-0.4, -0.2) is 34.8 Å². The minimum absolute atomic E-state index is 0.261. The van der Waals surface area contributed by atoms with Crippen LogP contribution in [0.2, 0.25) is 0 Å². The van der Waals surface area contributed by atoms with Gasteiger partial charge < -0.3 is 9.63 Å². The van der Waals surface area contributed by atoms with Gasteiger partial charge in [0.05, 0.1) is 0 Å². The molecule has 0 aliphatic carbocycles. The summed E-state index contributed by atoms with van der Waals surface area (Å²) in [4.78, 5) is 2.50. The van der Waals surface area contributed by atoms with Gasteiger partial charge in [-0.1, -0.05) is 5.16 Å². The summed E-state index contributed by atoms with van der Waals surface area (Å²) in [5.74, 6) is 1.80. The van der Waals surface area contributed by atoms with Crippen LogP contribution < -0.4 is 0 Å². The third-order valence-electron chi connectivity index (χ3n) is 4.54. The predicted octanol–water partition coefficient (Wildman–Crippen LogP) is 3.16. The summed E-state index contributed by atoms with van der Waals surface area (Å²) in [6, 6.07) is 8.98. The number of piperidine rings is 3. The zero-order valence-corrected chi connectivity index (χ0v) is 11.8. The molecule has 3 aliphatic rings. The molecule has 4 heterocycles. The van der Waals surface area contributed by atoms with E-state index >= 15 is 0 Å². The maximum absolute atomic E-state index is 9.33. The Morgan fingerprint density at radius 3 is 2.62 bits per heavy atom. The lowest BCUT2D eigenvalue weighted by atomic mass is 9.83. The number of benzene rings is 1. The van der Waals surface area contributed by atoms with E-state index in [0.29, 0.717) is 0 Å². The molecule has 5 rings (SSSR count). The molecule has 0 atom stereocenters. The van der Waals surface area contributed by atoms with Crippen LogP contribution in [0.3, 0.4) is 0 Å². The van der Waals surface area contributed by atoms with Gasteiger partial charge in [-0.3, -0.25) is 4.90 Å². The minimum atomic E-state index is 0.261. The van der Waals surface area contributed by atoms with E-state index in [1.807, 2.05) is 18.2 Å². The smallest absolute Gasteiger partial charge is 0.160 e. The Hall–Kier alpha value is -2.07. The second-order valence-electron chi connectivity index (χ2n) is 5.93. The highest BCUT2D eigenvalue weighted by Crippen LogP contribution is 2.33. The quantitative estimate of drug-likeness (QED) is 0.919. The van der Waals surface area contributed by atoms with Crippen LogP contribution in [0.15, 0.2) is 40.4 Å². The largest absolute Gasteiger partial charge is 0.508 e. The summed E-state index contributed by atoms with van der Waals surface area (Å²) >= 11 is 0. The van der Waals surface area contributed by atoms with Gasteiger partial charge in [-0.2, -0.15) is 0 Å². The number of aromatic hydroxyl groups is 1. The molecule has 1 aromatic carbocycles. The number of phenolic OH excluding ortho intramolecular Hbond substituents is 1. The van der Waals surface area contributed by atoms with Crippen LogP contribution in [0.4, 0.5) is 0 Å². The highest BCUT2D eigenvalue weighted by atomic mass is 16.5. The number of aromatic nitrogens is 1. The maximum atomic E-state index is 9.33. The first-order chi connectivity index (χ1) is 10.3. The Bertz CT molecular complexity index is 664. The molecule has 3 fully saturated rings. The van der Waals surface area contributed by atoms with E-state index in [1.165, 1.54) is 31.5 Å². The van der Waals surface area contributed by atoms with Gasteiger partial charge in [-0.15, -0.1) is 0 Å². The van der Waals surface area contributed by atoms with Crippen molar-refractivity contribution in [3.63, 3.8) is 0 Å². The summed E-state index contributed by atoms with van der Waals surface area (Å²) in [5.41, 5.74) is 3.24. The van der Waals surface area contributed by atoms with Crippen molar-refractivity contribution < 1.29 is 9.63 Å². The number of fused-ring (bicyclic) bond motifs is 3. The summed E-state index contributed by atoms with van der Waals surface area (Å²) in [5, 5.41) is 13.5. The number of rotatable bonds is 2. The van der Waals surface area contributed by atoms with Gasteiger partial charge in [0.25, 0.3) is 0 Å². The number of nitrogens with zero attached hydrogens (tertiary/aromatic N) is 2. The topological polar surface area (TPSA) is 49.5 Å². The third kappa shape index (κ3) is 2.47. The molecule has 0 unspecified atom stereocenters. The van der Waals surface area contributed by atoms with Crippen molar-refractivity contribution in [3.05, 3.63) is 41.7 Å². The van der Waals surface area contributed by atoms with E-state index in [0.717, 1.165) is 29.5 Å². The third-order valence-corrected chi connectivity index (χ3v) is 4.54. The molecular formula is C17H18N2O2. The molecule has 1 aromatic heterocycles. The molecule has 0 saturated carbocycles. The highest BCUT2D eigenvalue weighted by Gasteiger charge is 2.29. The van der Waals surface area contributed by atoms with E-state index in [2.05, 4.69) is 16.1 Å². The lowest BCUT2D eigenvalue weighted by Gasteiger charge is -2.40. The first-order valence-electron chi connectivity index (χ1n) is 7.47. The molecule has 0 radical (unpaired) electrons. The summed E-state index contributed by atoms with van der Waals surface area (Å²) in [7, 11) is 0. The molecule has 0 spiro atoms. The molecular weight excluding hydrogens is 264 g/mol. The van der Waals surface area contributed by atoms with Crippen molar-refractivity contribution in [2.45, 2.75) is 12.8 Å². The molecule has 2 aromatic rings. The Morgan fingerprint density at radius 2 is 1.95 bits per heavy atom. The van der Waals surface area contributed by atoms with Crippen molar-refractivity contribution in [1.82, 2.24) is 10.1 Å². The minimum Gasteiger partial charge on any atom is -0.508 e. The van der Waals surface area contributed by atoms with Gasteiger partial charge in [0.2, 0.25) is 0 Å². The second-order valence-corrected chi connectivity index (χ2v) is 5.93. The summed E-state index contributed by atoms with van der Waals surface area (Å²) in [6.07, 6.45) is 4.70. The Morgan fingerprint density at radius 1 is 1.19 bits per heavy atom. The van der Waals surface area contributed by atoms with Gasteiger partial charge in [0.15, 0.2) is 5.76 Å². The fourth-order valence-corrected chi connectivity index (χ4v) is 3.32. The average Bonchev–Trinajstić information content (AvgIpc) is 2.98. The fourth-order valence-electron chi connectivity index (χ4n) is 3.32. The first kappa shape index (κ1) is 12.7. The fraction of sp³-hybridized carbons (Fsp3) is 0.353. The van der Waals surface area contributed by atoms with Crippen LogP contribution in [-0.2, 0) is 0 Å². The normalized spacial score (nSPS) is 26.4. The molecule has 2 bridgehead atoms. The van der Waals surface area contributed by atoms with Crippen molar-refractivity contribution in [2.75, 3.05) is 19.6 Å². The number of hydrogen-bond acceptors (Lipinski definition) is 4. The lowest BCUT2D eigenvalue weighted by Crippen LogP contribution is -2.42. The molecule has 4 nitrogen and oxygen atoms in total. The van der Waals surface area contributed by atoms with Gasteiger partial charge in [0.1, 0.15) is 11.4 Å². The van der Waals surface area contributed by atoms with Gasteiger partial charge in [-0.25, -0.2) is 0 Å². The highest BCUT2D eigenvalue weighted by molar-refractivity contribution is 5.63. The Balaban J connectivity index is 1.58. The second kappa shape index (κ2) is 5.04. The molecule has 108 valence electrons. The van der Waals surface area contributed by atoms with Crippen LogP contribution in [0, 0.1) is 5.92 Å². The first-order valence-corrected chi connectivity index (χ1v) is 7.47. The SMILES string of the molecule is Oc1ccc(-c2cc(/C=C3/CN4CCC3CC4)on2)cc1. The van der Waals surface area contributed by atoms with Crippen molar-refractivity contribution in [1.29, 1.82) is 0 Å². The molecule has 4 heteroatoms. The summed E-state index contributed by atoms with van der Waals surface area (Å²) in [6.45, 7) is 3.54. The molecule has 1 N–H and O–H groups in total. The molecule has 3 aliphatic heterocycles. The van der Waals surface area contributed by atoms with Gasteiger partial charge in [-0.05, 0) is 67.8 Å². The van der Waals surface area contributed by atoms with Crippen LogP contribution in [0.25, 0.3) is 17.3 Å². The van der Waals surface area contributed by atoms with Crippen LogP contribution >= 0.6 is 0 Å². The van der Waals surface area contributed by atoms with E-state index < -0.39 is 0 Å². The van der Waals surface area contributed by atoms with Crippen molar-refractivity contribution >= 4 is 6.08 Å². The molecule has 0 amide bonds. The van der Waals surface area contributed by atoms with Crippen LogP contribution in [0.5, 0.6) is 5.75 Å². The molecule has 21 heavy (non-hydrogen) atoms. The standard InChI is InChI=1S/C17H18N2O2/c20-15-3-1-13(2-4-15)17-10-16(21-18-17)9-14-11-19-7-5-12(14)6-8-19/h1-4,9-10,12,20H,5-8,11H2/b14-9-. The molecule has 3 saturated heterocycles. The monoisotopic (exact) mass is 282 g/mol. The predicted molar refractivity (Wildman–Crippen MR) is 80.7 cm³/mol. The van der Waals surface area contributed by atoms with E-state index in [4.69, 9.17) is 4.52 Å². The van der Waals surface area contributed by atoms with Gasteiger partial charge in [0, 0.05) is 18.2 Å². The maximum Gasteiger partial charge on any atom is 0.160 e.